The number of carbonyl (C=O) groups is 2. The molecule has 1 aliphatic rings. The molecule has 0 radical (unpaired) electrons. The molecule has 2 aromatic rings. The number of hydrogen-bond acceptors (Lipinski definition) is 4. The molecule has 3 rings (SSSR count). The number of carbonyl (C=O) groups excluding carboxylic acids is 2. The predicted octanol–water partition coefficient (Wildman–Crippen LogP) is 3.35. The Bertz CT molecular complexity index is 666. The number of Topliss-reactive ketones (excluding diaryl/α,β-unsaturated/α-hetero) is 1. The van der Waals surface area contributed by atoms with Crippen LogP contribution in [0, 0.1) is 0 Å². The molecule has 1 N–H and O–H groups in total. The van der Waals surface area contributed by atoms with Crippen LogP contribution in [0.25, 0.3) is 0 Å². The van der Waals surface area contributed by atoms with E-state index in [4.69, 9.17) is 4.74 Å². The van der Waals surface area contributed by atoms with E-state index in [9.17, 15) is 9.59 Å². The zero-order valence-electron chi connectivity index (χ0n) is 12.1. The van der Waals surface area contributed by atoms with Crippen molar-refractivity contribution in [1.82, 2.24) is 5.32 Å². The zero-order valence-corrected chi connectivity index (χ0v) is 12.9. The Balaban J connectivity index is 1.55. The number of amides is 1. The first-order chi connectivity index (χ1) is 10.7. The summed E-state index contributed by atoms with van der Waals surface area (Å²) in [6, 6.07) is 11.3. The Morgan fingerprint density at radius 3 is 2.86 bits per heavy atom. The number of benzene rings is 1. The third kappa shape index (κ3) is 3.36. The van der Waals surface area contributed by atoms with Crippen molar-refractivity contribution >= 4 is 23.0 Å². The molecule has 2 heterocycles. The summed E-state index contributed by atoms with van der Waals surface area (Å²) in [6.07, 6.45) is 1.22. The SMILES string of the molecule is O=C(CCC(=O)c1cccs1)NC1CCOc2ccccc21. The molecule has 0 spiro atoms. The zero-order chi connectivity index (χ0) is 15.4. The molecule has 0 aliphatic carbocycles. The number of nitrogens with one attached hydrogen (secondary N) is 1. The highest BCUT2D eigenvalue weighted by Gasteiger charge is 2.22. The van der Waals surface area contributed by atoms with Gasteiger partial charge < -0.3 is 10.1 Å². The van der Waals surface area contributed by atoms with Crippen molar-refractivity contribution in [3.63, 3.8) is 0 Å². The lowest BCUT2D eigenvalue weighted by molar-refractivity contribution is -0.122. The van der Waals surface area contributed by atoms with Crippen LogP contribution in [0.15, 0.2) is 41.8 Å². The fourth-order valence-corrected chi connectivity index (χ4v) is 3.24. The van der Waals surface area contributed by atoms with Gasteiger partial charge in [0.15, 0.2) is 5.78 Å². The number of ether oxygens (including phenoxy) is 1. The Kier molecular flexibility index (Phi) is 4.53. The van der Waals surface area contributed by atoms with Crippen LogP contribution in [-0.2, 0) is 4.79 Å². The van der Waals surface area contributed by atoms with Gasteiger partial charge in [-0.05, 0) is 17.5 Å². The van der Waals surface area contributed by atoms with E-state index in [-0.39, 0.29) is 30.6 Å². The minimum absolute atomic E-state index is 0.0255. The lowest BCUT2D eigenvalue weighted by Gasteiger charge is -2.26. The predicted molar refractivity (Wildman–Crippen MR) is 85.3 cm³/mol. The Labute approximate surface area is 133 Å². The average Bonchev–Trinajstić information content (AvgIpc) is 3.07. The third-order valence-corrected chi connectivity index (χ3v) is 4.58. The Hall–Kier alpha value is -2.14. The smallest absolute Gasteiger partial charge is 0.220 e. The number of thiophene rings is 1. The van der Waals surface area contributed by atoms with Gasteiger partial charge in [0.25, 0.3) is 0 Å². The van der Waals surface area contributed by atoms with Crippen LogP contribution in [0.5, 0.6) is 5.75 Å². The fourth-order valence-electron chi connectivity index (χ4n) is 2.55. The number of hydrogen-bond donors (Lipinski definition) is 1. The van der Waals surface area contributed by atoms with Gasteiger partial charge in [-0.15, -0.1) is 11.3 Å². The van der Waals surface area contributed by atoms with Crippen LogP contribution in [0.1, 0.15) is 40.5 Å². The van der Waals surface area contributed by atoms with Crippen molar-refractivity contribution in [1.29, 1.82) is 0 Å². The summed E-state index contributed by atoms with van der Waals surface area (Å²) in [5.74, 6) is 0.762. The fraction of sp³-hybridized carbons (Fsp3) is 0.294. The van der Waals surface area contributed by atoms with E-state index in [1.54, 1.807) is 6.07 Å². The van der Waals surface area contributed by atoms with Crippen molar-refractivity contribution < 1.29 is 14.3 Å². The summed E-state index contributed by atoms with van der Waals surface area (Å²) in [7, 11) is 0. The van der Waals surface area contributed by atoms with Crippen molar-refractivity contribution in [2.45, 2.75) is 25.3 Å². The lowest BCUT2D eigenvalue weighted by Crippen LogP contribution is -2.32. The molecule has 1 aromatic carbocycles. The minimum atomic E-state index is -0.0911. The number of ketones is 1. The quantitative estimate of drug-likeness (QED) is 0.861. The largest absolute Gasteiger partial charge is 0.493 e. The van der Waals surface area contributed by atoms with Gasteiger partial charge in [0.2, 0.25) is 5.91 Å². The minimum Gasteiger partial charge on any atom is -0.493 e. The maximum Gasteiger partial charge on any atom is 0.220 e. The first-order valence-corrected chi connectivity index (χ1v) is 8.20. The third-order valence-electron chi connectivity index (χ3n) is 3.67. The first-order valence-electron chi connectivity index (χ1n) is 7.32. The van der Waals surface area contributed by atoms with Gasteiger partial charge in [0.1, 0.15) is 5.75 Å². The molecule has 4 nitrogen and oxygen atoms in total. The molecule has 1 amide bonds. The highest BCUT2D eigenvalue weighted by atomic mass is 32.1. The molecule has 1 atom stereocenters. The summed E-state index contributed by atoms with van der Waals surface area (Å²) < 4.78 is 5.58. The number of fused-ring (bicyclic) bond motifs is 1. The highest BCUT2D eigenvalue weighted by molar-refractivity contribution is 7.12. The van der Waals surface area contributed by atoms with Gasteiger partial charge in [0, 0.05) is 24.8 Å². The molecule has 0 bridgehead atoms. The summed E-state index contributed by atoms with van der Waals surface area (Å²) in [4.78, 5) is 24.7. The number of rotatable bonds is 5. The van der Waals surface area contributed by atoms with Gasteiger partial charge in [-0.2, -0.15) is 0 Å². The maximum atomic E-state index is 12.1. The van der Waals surface area contributed by atoms with E-state index in [0.717, 1.165) is 17.7 Å². The molecule has 5 heteroatoms. The Morgan fingerprint density at radius 1 is 1.18 bits per heavy atom. The highest BCUT2D eigenvalue weighted by Crippen LogP contribution is 2.31. The van der Waals surface area contributed by atoms with Crippen molar-refractivity contribution in [3.05, 3.63) is 52.2 Å². The second kappa shape index (κ2) is 6.75. The monoisotopic (exact) mass is 315 g/mol. The first kappa shape index (κ1) is 14.8. The van der Waals surface area contributed by atoms with E-state index < -0.39 is 0 Å². The van der Waals surface area contributed by atoms with E-state index in [1.807, 2.05) is 35.7 Å². The van der Waals surface area contributed by atoms with Crippen molar-refractivity contribution in [3.8, 4) is 5.75 Å². The van der Waals surface area contributed by atoms with Gasteiger partial charge in [-0.25, -0.2) is 0 Å². The van der Waals surface area contributed by atoms with E-state index in [2.05, 4.69) is 5.32 Å². The molecular weight excluding hydrogens is 298 g/mol. The van der Waals surface area contributed by atoms with Crippen molar-refractivity contribution in [2.75, 3.05) is 6.61 Å². The van der Waals surface area contributed by atoms with E-state index in [1.165, 1.54) is 11.3 Å². The standard InChI is InChI=1S/C17H17NO3S/c19-14(16-6-3-11-22-16)7-8-17(20)18-13-9-10-21-15-5-2-1-4-12(13)15/h1-6,11,13H,7-10H2,(H,18,20). The maximum absolute atomic E-state index is 12.1. The van der Waals surface area contributed by atoms with E-state index >= 15 is 0 Å². The van der Waals surface area contributed by atoms with Gasteiger partial charge in [-0.3, -0.25) is 9.59 Å². The summed E-state index contributed by atoms with van der Waals surface area (Å²) in [6.45, 7) is 0.593. The van der Waals surface area contributed by atoms with Crippen LogP contribution >= 0.6 is 11.3 Å². The molecule has 0 fully saturated rings. The summed E-state index contributed by atoms with van der Waals surface area (Å²) >= 11 is 1.41. The van der Waals surface area contributed by atoms with Gasteiger partial charge in [-0.1, -0.05) is 24.3 Å². The molecule has 1 aromatic heterocycles. The molecule has 22 heavy (non-hydrogen) atoms. The average molecular weight is 315 g/mol. The van der Waals surface area contributed by atoms with Crippen LogP contribution in [0.4, 0.5) is 0 Å². The second-order valence-electron chi connectivity index (χ2n) is 5.20. The molecule has 114 valence electrons. The topological polar surface area (TPSA) is 55.4 Å². The van der Waals surface area contributed by atoms with Crippen LogP contribution < -0.4 is 10.1 Å². The van der Waals surface area contributed by atoms with Crippen molar-refractivity contribution in [2.24, 2.45) is 0 Å². The van der Waals surface area contributed by atoms with Crippen LogP contribution in [-0.4, -0.2) is 18.3 Å². The molecular formula is C17H17NO3S. The summed E-state index contributed by atoms with van der Waals surface area (Å²) in [5, 5.41) is 4.88. The van der Waals surface area contributed by atoms with Gasteiger partial charge in [0.05, 0.1) is 17.5 Å². The second-order valence-corrected chi connectivity index (χ2v) is 6.14. The summed E-state index contributed by atoms with van der Waals surface area (Å²) in [5.41, 5.74) is 1.01. The van der Waals surface area contributed by atoms with Gasteiger partial charge >= 0.3 is 0 Å². The number of para-hydroxylation sites is 1. The normalized spacial score (nSPS) is 16.5. The Morgan fingerprint density at radius 2 is 2.05 bits per heavy atom. The van der Waals surface area contributed by atoms with Crippen LogP contribution in [0.2, 0.25) is 0 Å². The molecule has 1 unspecified atom stereocenters. The lowest BCUT2D eigenvalue weighted by atomic mass is 10.0. The molecule has 0 saturated carbocycles. The molecule has 1 aliphatic heterocycles. The van der Waals surface area contributed by atoms with E-state index in [0.29, 0.717) is 11.5 Å². The van der Waals surface area contributed by atoms with Crippen LogP contribution in [0.3, 0.4) is 0 Å². The molecule has 0 saturated heterocycles.